The van der Waals surface area contributed by atoms with Crippen LogP contribution in [0.3, 0.4) is 0 Å². The van der Waals surface area contributed by atoms with Crippen LogP contribution in [-0.4, -0.2) is 356 Å². The van der Waals surface area contributed by atoms with Crippen molar-refractivity contribution in [3.05, 3.63) is 0 Å². The molecule has 7 aliphatic heterocycles. The topological polar surface area (TPSA) is 568 Å². The molecule has 0 amide bonds. The lowest BCUT2D eigenvalue weighted by Crippen LogP contribution is -2.70. The molecule has 7 aliphatic rings. The Bertz CT molecular complexity index is 2040. The van der Waals surface area contributed by atoms with Crippen LogP contribution in [0.1, 0.15) is 34.1 Å². The van der Waals surface area contributed by atoms with Gasteiger partial charge in [-0.3, -0.25) is 0 Å². The molecule has 36 atom stereocenters. The van der Waals surface area contributed by atoms with E-state index in [1.165, 1.54) is 13.8 Å². The van der Waals surface area contributed by atoms with Gasteiger partial charge in [-0.1, -0.05) is 20.8 Å². The summed E-state index contributed by atoms with van der Waals surface area (Å²) >= 11 is 0. The summed E-state index contributed by atoms with van der Waals surface area (Å²) < 4.78 is 76.3. The molecule has 0 aliphatic carbocycles. The third-order valence-corrected chi connectivity index (χ3v) is 17.0. The zero-order valence-corrected chi connectivity index (χ0v) is 46.1. The van der Waals surface area contributed by atoms with E-state index in [-0.39, 0.29) is 0 Å². The van der Waals surface area contributed by atoms with E-state index in [1.807, 2.05) is 0 Å². The Kier molecular flexibility index (Phi) is 24.4. The molecule has 0 bridgehead atoms. The lowest BCUT2D eigenvalue weighted by molar-refractivity contribution is -0.401. The van der Waals surface area contributed by atoms with Crippen molar-refractivity contribution in [3.8, 4) is 0 Å². The molecule has 0 aromatic heterocycles. The molecule has 490 valence electrons. The van der Waals surface area contributed by atoms with Crippen LogP contribution in [0.15, 0.2) is 0 Å². The Balaban J connectivity index is 1.07. The molecule has 0 aromatic carbocycles. The molecular formula is C49H85NO34. The third kappa shape index (κ3) is 14.0. The van der Waals surface area contributed by atoms with E-state index in [1.54, 1.807) is 13.8 Å². The van der Waals surface area contributed by atoms with Gasteiger partial charge in [0.05, 0.1) is 82.8 Å². The van der Waals surface area contributed by atoms with Crippen LogP contribution >= 0.6 is 0 Å². The molecule has 0 spiro atoms. The first-order valence-electron chi connectivity index (χ1n) is 27.7. The normalized spacial score (nSPS) is 51.3. The maximum atomic E-state index is 12.9. The summed E-state index contributed by atoms with van der Waals surface area (Å²) in [7, 11) is 0. The minimum atomic E-state index is -3.08. The second-order valence-corrected chi connectivity index (χ2v) is 22.5. The molecule has 0 aromatic rings. The fourth-order valence-corrected chi connectivity index (χ4v) is 11.4. The molecule has 0 radical (unpaired) electrons. The summed E-state index contributed by atoms with van der Waals surface area (Å²) in [4.78, 5) is 12.9. The summed E-state index contributed by atoms with van der Waals surface area (Å²) in [5.41, 5.74) is 5.95. The molecule has 0 saturated carbocycles. The van der Waals surface area contributed by atoms with Gasteiger partial charge in [0.15, 0.2) is 31.5 Å². The van der Waals surface area contributed by atoms with E-state index in [2.05, 4.69) is 0 Å². The van der Waals surface area contributed by atoms with Gasteiger partial charge in [0, 0.05) is 24.2 Å². The second kappa shape index (κ2) is 29.4. The van der Waals surface area contributed by atoms with Crippen LogP contribution < -0.4 is 5.73 Å². The predicted molar refractivity (Wildman–Crippen MR) is 264 cm³/mol. The SMILES string of the molecule is CC1[C@H](O[C@@H]2C(CO)O[C@@H](C)C(C)[C@H]2O)OC(CO)[C@@H](O[C@@H]2OC(CO)[C@@H](O)C(O[C@H]3O[C@H](CO)[C@@H](O)C(O)C3O[C@@H]3OC(CO)[C@@H](O[C@@H]4OC(CO)[C@H](O)C(O[C@]5(C(=O)O)C[C@@H](O)[C@@H](N)C([C@H](O)[C@H](O)CO)O5)[C@@H]4O)C(O)[C@@H]3C)[C@H]2O)[C@@H]1O. The molecule has 7 saturated heterocycles. The number of carboxylic acids is 1. The van der Waals surface area contributed by atoms with Crippen molar-refractivity contribution in [2.45, 2.75) is 236 Å². The van der Waals surface area contributed by atoms with Gasteiger partial charge in [-0.25, -0.2) is 4.79 Å². The Labute approximate surface area is 479 Å². The number of aliphatic hydroxyl groups excluding tert-OH is 19. The predicted octanol–water partition coefficient (Wildman–Crippen LogP) is -12.2. The summed E-state index contributed by atoms with van der Waals surface area (Å²) in [5, 5.41) is 217. The van der Waals surface area contributed by atoms with Crippen LogP contribution in [-0.2, 0) is 66.4 Å². The summed E-state index contributed by atoms with van der Waals surface area (Å²) in [6.07, 6.45) is -55.8. The highest BCUT2D eigenvalue weighted by Gasteiger charge is 2.61. The molecule has 7 fully saturated rings. The van der Waals surface area contributed by atoms with Gasteiger partial charge in [0.2, 0.25) is 0 Å². The number of hydrogen-bond donors (Lipinski definition) is 21. The summed E-state index contributed by atoms with van der Waals surface area (Å²) in [6, 6.07) is -1.59. The van der Waals surface area contributed by atoms with E-state index in [0.29, 0.717) is 0 Å². The van der Waals surface area contributed by atoms with Crippen LogP contribution in [0.25, 0.3) is 0 Å². The van der Waals surface area contributed by atoms with Gasteiger partial charge < -0.3 is 169 Å². The van der Waals surface area contributed by atoms with E-state index < -0.39 is 278 Å². The highest BCUT2D eigenvalue weighted by atomic mass is 16.8. The average molecular weight is 1230 g/mol. The highest BCUT2D eigenvalue weighted by molar-refractivity contribution is 5.76. The van der Waals surface area contributed by atoms with Crippen LogP contribution in [0.2, 0.25) is 0 Å². The zero-order chi connectivity index (χ0) is 62.1. The summed E-state index contributed by atoms with van der Waals surface area (Å²) in [5.74, 6) is -7.93. The fourth-order valence-electron chi connectivity index (χ4n) is 11.4. The van der Waals surface area contributed by atoms with Crippen molar-refractivity contribution < 1.29 is 169 Å². The molecule has 35 nitrogen and oxygen atoms in total. The molecule has 13 unspecified atom stereocenters. The van der Waals surface area contributed by atoms with Crippen LogP contribution in [0, 0.1) is 17.8 Å². The maximum absolute atomic E-state index is 12.9. The molecule has 7 rings (SSSR count). The van der Waals surface area contributed by atoms with E-state index in [9.17, 15) is 107 Å². The van der Waals surface area contributed by atoms with Gasteiger partial charge in [-0.05, 0) is 6.92 Å². The first-order chi connectivity index (χ1) is 39.7. The van der Waals surface area contributed by atoms with Crippen molar-refractivity contribution in [3.63, 3.8) is 0 Å². The lowest BCUT2D eigenvalue weighted by atomic mass is 9.88. The van der Waals surface area contributed by atoms with Crippen LogP contribution in [0.5, 0.6) is 0 Å². The van der Waals surface area contributed by atoms with Crippen molar-refractivity contribution in [2.24, 2.45) is 23.5 Å². The van der Waals surface area contributed by atoms with E-state index in [0.717, 1.165) is 0 Å². The van der Waals surface area contributed by atoms with Crippen LogP contribution in [0.4, 0.5) is 0 Å². The second-order valence-electron chi connectivity index (χ2n) is 22.5. The molecule has 84 heavy (non-hydrogen) atoms. The molecular weight excluding hydrogens is 1150 g/mol. The Morgan fingerprint density at radius 1 is 0.464 bits per heavy atom. The first kappa shape index (κ1) is 69.6. The van der Waals surface area contributed by atoms with E-state index >= 15 is 0 Å². The number of carboxylic acid groups (broad SMARTS) is 1. The highest BCUT2D eigenvalue weighted by Crippen LogP contribution is 2.41. The maximum Gasteiger partial charge on any atom is 0.364 e. The molecule has 7 heterocycles. The van der Waals surface area contributed by atoms with E-state index in [4.69, 9.17) is 67.3 Å². The first-order valence-corrected chi connectivity index (χ1v) is 27.7. The monoisotopic (exact) mass is 1230 g/mol. The number of hydrogen-bond acceptors (Lipinski definition) is 34. The molecule has 22 N–H and O–H groups in total. The Hall–Kier alpha value is -1.85. The quantitative estimate of drug-likeness (QED) is 0.0479. The fraction of sp³-hybridized carbons (Fsp3) is 0.980. The largest absolute Gasteiger partial charge is 0.477 e. The average Bonchev–Trinajstić information content (AvgIpc) is 2.55. The van der Waals surface area contributed by atoms with Gasteiger partial charge in [-0.15, -0.1) is 0 Å². The van der Waals surface area contributed by atoms with Gasteiger partial charge in [0.1, 0.15) is 128 Å². The van der Waals surface area contributed by atoms with Crippen molar-refractivity contribution >= 4 is 5.97 Å². The molecule has 35 heteroatoms. The minimum Gasteiger partial charge on any atom is -0.477 e. The third-order valence-electron chi connectivity index (χ3n) is 17.0. The number of aliphatic hydroxyl groups is 19. The van der Waals surface area contributed by atoms with Crippen molar-refractivity contribution in [1.29, 1.82) is 0 Å². The van der Waals surface area contributed by atoms with Gasteiger partial charge in [-0.2, -0.15) is 0 Å². The smallest absolute Gasteiger partial charge is 0.364 e. The van der Waals surface area contributed by atoms with Crippen molar-refractivity contribution in [1.82, 2.24) is 0 Å². The Morgan fingerprint density at radius 2 is 0.845 bits per heavy atom. The number of aliphatic carboxylic acids is 1. The van der Waals surface area contributed by atoms with Gasteiger partial charge in [0.25, 0.3) is 5.79 Å². The lowest BCUT2D eigenvalue weighted by Gasteiger charge is -2.51. The zero-order valence-electron chi connectivity index (χ0n) is 46.1. The van der Waals surface area contributed by atoms with Crippen molar-refractivity contribution in [2.75, 3.05) is 46.2 Å². The minimum absolute atomic E-state index is 0.453. The summed E-state index contributed by atoms with van der Waals surface area (Å²) in [6.45, 7) is -0.330. The number of nitrogens with two attached hydrogens (primary N) is 1. The van der Waals surface area contributed by atoms with Gasteiger partial charge >= 0.3 is 5.97 Å². The number of rotatable bonds is 22. The standard InChI is InChI=1S/C49H85NO34/c1-13-16(4)72-22(10-55)36(26(13)60)78-43-14(2)27(61)37(23(11-56)76-43)79-45-34(68)40(31(65)20(8-53)73-45)81-47-42(33(67)30(64)19(7-52)75-47)82-44-15(3)28(62)38(24(12-57)77-44)80-46-35(69)41(32(66)21(9-54)74-46)84-49(48(70)71)5-17(58)25(50)39(83-49)29(63)18(59)6-51/h13-47,51-69H,5-12,50H2,1-4H3,(H,70,71)/t13?,14?,15-,16-,17+,18+,19+,20?,21?,22?,23?,24?,25+,26+,27+,28?,29+,30+,31+,32-,33?,34+,35-,36+,37+,38+,39?,40?,41?,42?,43-,44-,45-,46-,47+,49-/m0/s1. The Morgan fingerprint density at radius 3 is 1.31 bits per heavy atom. The number of carbonyl (C=O) groups is 1. The number of ether oxygens (including phenoxy) is 13.